The van der Waals surface area contributed by atoms with Crippen molar-refractivity contribution in [1.29, 1.82) is 0 Å². The van der Waals surface area contributed by atoms with E-state index in [2.05, 4.69) is 27.8 Å². The first-order valence-electron chi connectivity index (χ1n) is 9.72. The van der Waals surface area contributed by atoms with E-state index in [0.29, 0.717) is 13.1 Å². The van der Waals surface area contributed by atoms with Crippen molar-refractivity contribution in [3.8, 4) is 5.75 Å². The molecule has 0 fully saturated rings. The van der Waals surface area contributed by atoms with Gasteiger partial charge in [-0.15, -0.1) is 24.0 Å². The van der Waals surface area contributed by atoms with Crippen LogP contribution in [0.3, 0.4) is 0 Å². The number of hydrogen-bond acceptors (Lipinski definition) is 3. The van der Waals surface area contributed by atoms with Crippen molar-refractivity contribution in [2.24, 2.45) is 12.0 Å². The van der Waals surface area contributed by atoms with Crippen LogP contribution in [0, 0.1) is 0 Å². The fourth-order valence-corrected chi connectivity index (χ4v) is 3.26. The Kier molecular flexibility index (Phi) is 8.81. The van der Waals surface area contributed by atoms with Gasteiger partial charge in [-0.3, -0.25) is 9.79 Å². The molecule has 0 spiro atoms. The Morgan fingerprint density at radius 2 is 2.07 bits per heavy atom. The highest BCUT2D eigenvalue weighted by Crippen LogP contribution is 2.31. The van der Waals surface area contributed by atoms with E-state index in [1.54, 1.807) is 4.90 Å². The van der Waals surface area contributed by atoms with E-state index in [0.717, 1.165) is 36.9 Å². The number of ether oxygens (including phenoxy) is 1. The number of aliphatic imine (C=N–C) groups is 1. The van der Waals surface area contributed by atoms with Crippen molar-refractivity contribution in [2.45, 2.75) is 19.9 Å². The van der Waals surface area contributed by atoms with E-state index >= 15 is 0 Å². The fraction of sp³-hybridized carbons (Fsp3) is 0.429. The SMILES string of the molecule is CCNC(=NCCCN1C(=O)COc2ccccc21)N(C)Cc1cccn1C.I. The molecule has 7 nitrogen and oxygen atoms in total. The van der Waals surface area contributed by atoms with Gasteiger partial charge in [0.2, 0.25) is 0 Å². The highest BCUT2D eigenvalue weighted by molar-refractivity contribution is 14.0. The molecule has 1 aliphatic heterocycles. The van der Waals surface area contributed by atoms with E-state index in [4.69, 9.17) is 9.73 Å². The van der Waals surface area contributed by atoms with Crippen LogP contribution in [0.4, 0.5) is 5.69 Å². The summed E-state index contributed by atoms with van der Waals surface area (Å²) >= 11 is 0. The van der Waals surface area contributed by atoms with Crippen LogP contribution in [0.2, 0.25) is 0 Å². The molecule has 0 saturated heterocycles. The van der Waals surface area contributed by atoms with Crippen LogP contribution in [0.5, 0.6) is 5.75 Å². The molecule has 3 rings (SSSR count). The van der Waals surface area contributed by atoms with Crippen LogP contribution in [0.25, 0.3) is 0 Å². The lowest BCUT2D eigenvalue weighted by molar-refractivity contribution is -0.121. The summed E-state index contributed by atoms with van der Waals surface area (Å²) < 4.78 is 7.61. The van der Waals surface area contributed by atoms with Crippen LogP contribution < -0.4 is 15.0 Å². The van der Waals surface area contributed by atoms with E-state index in [-0.39, 0.29) is 36.5 Å². The van der Waals surface area contributed by atoms with Gasteiger partial charge in [0.25, 0.3) is 5.91 Å². The van der Waals surface area contributed by atoms with Crippen LogP contribution in [-0.2, 0) is 18.4 Å². The molecule has 1 amide bonds. The maximum Gasteiger partial charge on any atom is 0.265 e. The lowest BCUT2D eigenvalue weighted by Gasteiger charge is -2.29. The normalized spacial score (nSPS) is 13.4. The molecule has 1 aromatic heterocycles. The maximum absolute atomic E-state index is 12.2. The number of aromatic nitrogens is 1. The Bertz CT molecular complexity index is 836. The molecule has 29 heavy (non-hydrogen) atoms. The highest BCUT2D eigenvalue weighted by Gasteiger charge is 2.24. The van der Waals surface area contributed by atoms with Crippen molar-refractivity contribution in [3.05, 3.63) is 48.3 Å². The van der Waals surface area contributed by atoms with E-state index in [1.807, 2.05) is 50.6 Å². The molecule has 1 N–H and O–H groups in total. The van der Waals surface area contributed by atoms with Gasteiger partial charge in [-0.1, -0.05) is 12.1 Å². The van der Waals surface area contributed by atoms with E-state index < -0.39 is 0 Å². The number of guanidine groups is 1. The first-order chi connectivity index (χ1) is 13.6. The molecule has 0 unspecified atom stereocenters. The summed E-state index contributed by atoms with van der Waals surface area (Å²) in [6.07, 6.45) is 2.83. The summed E-state index contributed by atoms with van der Waals surface area (Å²) in [6, 6.07) is 11.8. The number of aryl methyl sites for hydroxylation is 1. The van der Waals surface area contributed by atoms with Gasteiger partial charge in [-0.05, 0) is 37.6 Å². The minimum Gasteiger partial charge on any atom is -0.482 e. The Morgan fingerprint density at radius 1 is 1.28 bits per heavy atom. The van der Waals surface area contributed by atoms with E-state index in [1.165, 1.54) is 5.69 Å². The Hall–Kier alpha value is -2.23. The number of fused-ring (bicyclic) bond motifs is 1. The Labute approximate surface area is 189 Å². The highest BCUT2D eigenvalue weighted by atomic mass is 127. The lowest BCUT2D eigenvalue weighted by atomic mass is 10.2. The van der Waals surface area contributed by atoms with Crippen molar-refractivity contribution in [1.82, 2.24) is 14.8 Å². The average Bonchev–Trinajstić information content (AvgIpc) is 3.10. The predicted molar refractivity (Wildman–Crippen MR) is 127 cm³/mol. The number of hydrogen-bond donors (Lipinski definition) is 1. The number of benzene rings is 1. The number of nitrogens with zero attached hydrogens (tertiary/aromatic N) is 4. The second-order valence-corrected chi connectivity index (χ2v) is 6.86. The van der Waals surface area contributed by atoms with E-state index in [9.17, 15) is 4.79 Å². The van der Waals surface area contributed by atoms with Crippen LogP contribution in [-0.4, -0.2) is 54.6 Å². The van der Waals surface area contributed by atoms with Gasteiger partial charge in [0.15, 0.2) is 12.6 Å². The molecule has 2 heterocycles. The third kappa shape index (κ3) is 5.88. The zero-order valence-electron chi connectivity index (χ0n) is 17.3. The number of rotatable bonds is 7. The predicted octanol–water partition coefficient (Wildman–Crippen LogP) is 2.86. The van der Waals surface area contributed by atoms with Crippen molar-refractivity contribution < 1.29 is 9.53 Å². The first-order valence-corrected chi connectivity index (χ1v) is 9.72. The van der Waals surface area contributed by atoms with Crippen LogP contribution >= 0.6 is 24.0 Å². The molecular weight excluding hydrogens is 481 g/mol. The summed E-state index contributed by atoms with van der Waals surface area (Å²) in [6.45, 7) is 5.03. The monoisotopic (exact) mass is 511 g/mol. The summed E-state index contributed by atoms with van der Waals surface area (Å²) in [5.41, 5.74) is 2.07. The molecule has 0 radical (unpaired) electrons. The molecule has 158 valence electrons. The first kappa shape index (κ1) is 23.1. The average molecular weight is 511 g/mol. The van der Waals surface area contributed by atoms with Crippen molar-refractivity contribution >= 4 is 41.5 Å². The third-order valence-corrected chi connectivity index (χ3v) is 4.76. The summed E-state index contributed by atoms with van der Waals surface area (Å²) in [7, 11) is 4.08. The van der Waals surface area contributed by atoms with Crippen LogP contribution in [0.1, 0.15) is 19.0 Å². The summed E-state index contributed by atoms with van der Waals surface area (Å²) in [5, 5.41) is 3.34. The molecule has 0 bridgehead atoms. The van der Waals surface area contributed by atoms with Gasteiger partial charge in [0.1, 0.15) is 5.75 Å². The van der Waals surface area contributed by atoms with Gasteiger partial charge in [0.05, 0.1) is 12.2 Å². The van der Waals surface area contributed by atoms with Crippen LogP contribution in [0.15, 0.2) is 47.6 Å². The minimum absolute atomic E-state index is 0. The Morgan fingerprint density at radius 3 is 2.79 bits per heavy atom. The number of para-hydroxylation sites is 2. The number of anilines is 1. The molecule has 0 saturated carbocycles. The third-order valence-electron chi connectivity index (χ3n) is 4.76. The molecule has 2 aromatic rings. The quantitative estimate of drug-likeness (QED) is 0.269. The zero-order chi connectivity index (χ0) is 19.9. The smallest absolute Gasteiger partial charge is 0.265 e. The number of carbonyl (C=O) groups excluding carboxylic acids is 1. The molecule has 8 heteroatoms. The Balaban J connectivity index is 0.00000300. The van der Waals surface area contributed by atoms with Gasteiger partial charge >= 0.3 is 0 Å². The number of halogens is 1. The number of carbonyl (C=O) groups is 1. The van der Waals surface area contributed by atoms with Gasteiger partial charge < -0.3 is 24.4 Å². The fourth-order valence-electron chi connectivity index (χ4n) is 3.26. The lowest BCUT2D eigenvalue weighted by Crippen LogP contribution is -2.40. The number of amides is 1. The second-order valence-electron chi connectivity index (χ2n) is 6.86. The van der Waals surface area contributed by atoms with Gasteiger partial charge in [-0.25, -0.2) is 0 Å². The van der Waals surface area contributed by atoms with Gasteiger partial charge in [-0.2, -0.15) is 0 Å². The molecule has 0 aliphatic carbocycles. The standard InChI is InChI=1S/C21H29N5O2.HI/c1-4-22-21(25(3)15-17-9-7-13-24(17)2)23-12-8-14-26-18-10-5-6-11-19(18)28-16-20(26)27;/h5-7,9-11,13H,4,8,12,14-16H2,1-3H3,(H,22,23);1H. The summed E-state index contributed by atoms with van der Waals surface area (Å²) in [4.78, 5) is 20.9. The minimum atomic E-state index is -0.00425. The molecule has 1 aromatic carbocycles. The largest absolute Gasteiger partial charge is 0.482 e. The number of nitrogens with one attached hydrogen (secondary N) is 1. The zero-order valence-corrected chi connectivity index (χ0v) is 19.6. The van der Waals surface area contributed by atoms with Crippen molar-refractivity contribution in [3.63, 3.8) is 0 Å². The second kappa shape index (κ2) is 11.1. The molecule has 0 atom stereocenters. The van der Waals surface area contributed by atoms with Crippen molar-refractivity contribution in [2.75, 3.05) is 38.2 Å². The molecular formula is C21H30IN5O2. The maximum atomic E-state index is 12.2. The van der Waals surface area contributed by atoms with Gasteiger partial charge in [0, 0.05) is 45.6 Å². The molecule has 1 aliphatic rings. The topological polar surface area (TPSA) is 62.1 Å². The summed E-state index contributed by atoms with van der Waals surface area (Å²) in [5.74, 6) is 1.63.